The van der Waals surface area contributed by atoms with Crippen LogP contribution < -0.4 is 4.52 Å². The van der Waals surface area contributed by atoms with Crippen molar-refractivity contribution in [3.8, 4) is 5.75 Å². The molecule has 3 rings (SSSR count). The zero-order valence-electron chi connectivity index (χ0n) is 11.1. The maximum absolute atomic E-state index is 11.9. The first kappa shape index (κ1) is 13.5. The normalized spacial score (nSPS) is 17.3. The Bertz CT molecular complexity index is 672. The van der Waals surface area contributed by atoms with E-state index in [0.717, 1.165) is 16.2 Å². The molecule has 0 N–H and O–H groups in total. The molecule has 0 saturated heterocycles. The van der Waals surface area contributed by atoms with Gasteiger partial charge < -0.3 is 9.05 Å². The molecule has 0 aromatic heterocycles. The molecule has 0 aliphatic carbocycles. The second kappa shape index (κ2) is 5.47. The molecule has 1 heterocycles. The highest BCUT2D eigenvalue weighted by molar-refractivity contribution is 8.53. The first-order chi connectivity index (χ1) is 9.63. The fraction of sp³-hybridized carbons (Fsp3) is 0.133. The van der Waals surface area contributed by atoms with Gasteiger partial charge in [0.15, 0.2) is 0 Å². The topological polar surface area (TPSA) is 35.5 Å². The van der Waals surface area contributed by atoms with Crippen molar-refractivity contribution in [3.63, 3.8) is 0 Å². The van der Waals surface area contributed by atoms with E-state index in [4.69, 9.17) is 9.05 Å². The van der Waals surface area contributed by atoms with Gasteiger partial charge in [-0.1, -0.05) is 29.8 Å². The van der Waals surface area contributed by atoms with Crippen molar-refractivity contribution in [1.29, 1.82) is 0 Å². The molecule has 1 unspecified atom stereocenters. The second-order valence-electron chi connectivity index (χ2n) is 4.55. The van der Waals surface area contributed by atoms with Crippen LogP contribution in [0.2, 0.25) is 0 Å². The van der Waals surface area contributed by atoms with Gasteiger partial charge in [-0.15, -0.1) is 0 Å². The first-order valence-electron chi connectivity index (χ1n) is 6.18. The third-order valence-corrected chi connectivity index (χ3v) is 5.79. The van der Waals surface area contributed by atoms with Crippen molar-refractivity contribution in [2.75, 3.05) is 0 Å². The van der Waals surface area contributed by atoms with Gasteiger partial charge in [0, 0.05) is 4.90 Å². The first-order valence-corrected chi connectivity index (χ1v) is 8.78. The van der Waals surface area contributed by atoms with E-state index in [-0.39, 0.29) is 5.97 Å². The molecule has 3 nitrogen and oxygen atoms in total. The van der Waals surface area contributed by atoms with Crippen LogP contribution in [0.5, 0.6) is 5.75 Å². The van der Waals surface area contributed by atoms with E-state index < -0.39 is 7.58 Å². The number of rotatable bonds is 2. The van der Waals surface area contributed by atoms with Crippen LogP contribution in [0.4, 0.5) is 0 Å². The van der Waals surface area contributed by atoms with E-state index in [1.807, 2.05) is 44.2 Å². The van der Waals surface area contributed by atoms with E-state index in [1.54, 1.807) is 6.07 Å². The van der Waals surface area contributed by atoms with Crippen molar-refractivity contribution in [2.45, 2.75) is 18.7 Å². The summed E-state index contributed by atoms with van der Waals surface area (Å²) in [6.07, 6.45) is 0. The predicted molar refractivity (Wildman–Crippen MR) is 81.2 cm³/mol. The molecule has 102 valence electrons. The number of hydrogen-bond acceptors (Lipinski definition) is 4. The Balaban J connectivity index is 1.82. The van der Waals surface area contributed by atoms with E-state index >= 15 is 0 Å². The zero-order chi connectivity index (χ0) is 14.1. The summed E-state index contributed by atoms with van der Waals surface area (Å²) in [5, 5.41) is 0. The molecule has 1 aliphatic rings. The van der Waals surface area contributed by atoms with Gasteiger partial charge in [0.1, 0.15) is 5.75 Å². The Morgan fingerprint density at radius 3 is 2.75 bits per heavy atom. The van der Waals surface area contributed by atoms with Crippen LogP contribution in [0.1, 0.15) is 21.5 Å². The van der Waals surface area contributed by atoms with Gasteiger partial charge in [-0.05, 0) is 49.0 Å². The highest BCUT2D eigenvalue weighted by atomic mass is 32.7. The lowest BCUT2D eigenvalue weighted by molar-refractivity contribution is 0.0740. The highest BCUT2D eigenvalue weighted by Crippen LogP contribution is 2.59. The van der Waals surface area contributed by atoms with Crippen LogP contribution >= 0.6 is 19.0 Å². The molecule has 0 fully saturated rings. The third kappa shape index (κ3) is 2.67. The van der Waals surface area contributed by atoms with Crippen LogP contribution in [0.15, 0.2) is 47.4 Å². The van der Waals surface area contributed by atoms with Gasteiger partial charge in [0.05, 0.1) is 5.56 Å². The van der Waals surface area contributed by atoms with E-state index in [2.05, 4.69) is 6.07 Å². The fourth-order valence-corrected chi connectivity index (χ4v) is 4.84. The van der Waals surface area contributed by atoms with Crippen LogP contribution in [-0.2, 0) is 4.52 Å². The maximum Gasteiger partial charge on any atom is 0.368 e. The molecule has 1 atom stereocenters. The lowest BCUT2D eigenvalue weighted by Crippen LogP contribution is -2.08. The Labute approximate surface area is 123 Å². The lowest BCUT2D eigenvalue weighted by atomic mass is 10.1. The molecule has 0 spiro atoms. The van der Waals surface area contributed by atoms with Gasteiger partial charge in [-0.2, -0.15) is 0 Å². The van der Waals surface area contributed by atoms with Gasteiger partial charge in [-0.3, -0.25) is 0 Å². The number of carbonyl (C=O) groups is 1. The van der Waals surface area contributed by atoms with Gasteiger partial charge in [-0.25, -0.2) is 4.79 Å². The zero-order valence-corrected chi connectivity index (χ0v) is 12.8. The maximum atomic E-state index is 11.9. The summed E-state index contributed by atoms with van der Waals surface area (Å²) in [6, 6.07) is 13.4. The lowest BCUT2D eigenvalue weighted by Gasteiger charge is -2.22. The number of fused-ring (bicyclic) bond motifs is 1. The molecular formula is C15H13O3PS. The van der Waals surface area contributed by atoms with Crippen LogP contribution in [0, 0.1) is 13.8 Å². The standard InChI is InChI=1S/C15H13O3PS/c1-10-7-8-13(11(2)9-10)17-19-18-15(16)12-5-3-4-6-14(12)20-19/h3-9H,1-2H3. The van der Waals surface area contributed by atoms with E-state index in [1.165, 1.54) is 16.9 Å². The van der Waals surface area contributed by atoms with E-state index in [9.17, 15) is 4.79 Å². The minimum Gasteiger partial charge on any atom is -0.430 e. The van der Waals surface area contributed by atoms with Gasteiger partial charge >= 0.3 is 13.5 Å². The minimum absolute atomic E-state index is 0.310. The smallest absolute Gasteiger partial charge is 0.368 e. The summed E-state index contributed by atoms with van der Waals surface area (Å²) in [4.78, 5) is 12.8. The fourth-order valence-electron chi connectivity index (χ4n) is 1.95. The Hall–Kier alpha value is -1.51. The van der Waals surface area contributed by atoms with Crippen LogP contribution in [0.25, 0.3) is 0 Å². The third-order valence-electron chi connectivity index (χ3n) is 2.94. The van der Waals surface area contributed by atoms with Crippen molar-refractivity contribution in [3.05, 3.63) is 59.2 Å². The molecule has 1 aliphatic heterocycles. The number of aryl methyl sites for hydroxylation is 2. The molecular weight excluding hydrogens is 291 g/mol. The van der Waals surface area contributed by atoms with Gasteiger partial charge in [0.25, 0.3) is 0 Å². The summed E-state index contributed by atoms with van der Waals surface area (Å²) in [5.74, 6) is 0.455. The van der Waals surface area contributed by atoms with Crippen molar-refractivity contribution >= 4 is 24.9 Å². The number of benzene rings is 2. The Kier molecular flexibility index (Phi) is 3.68. The average molecular weight is 304 g/mol. The van der Waals surface area contributed by atoms with Crippen LogP contribution in [0.3, 0.4) is 0 Å². The van der Waals surface area contributed by atoms with Crippen LogP contribution in [-0.4, -0.2) is 5.97 Å². The Morgan fingerprint density at radius 1 is 1.15 bits per heavy atom. The SMILES string of the molecule is Cc1ccc(OP2OC(=O)c3ccccc3S2)c(C)c1. The summed E-state index contributed by atoms with van der Waals surface area (Å²) in [5.41, 5.74) is 2.84. The summed E-state index contributed by atoms with van der Waals surface area (Å²) >= 11 is 1.47. The molecule has 20 heavy (non-hydrogen) atoms. The summed E-state index contributed by atoms with van der Waals surface area (Å²) < 4.78 is 11.2. The number of hydrogen-bond donors (Lipinski definition) is 0. The highest BCUT2D eigenvalue weighted by Gasteiger charge is 2.30. The monoisotopic (exact) mass is 304 g/mol. The summed E-state index contributed by atoms with van der Waals surface area (Å²) in [7, 11) is -1.33. The minimum atomic E-state index is -1.33. The van der Waals surface area contributed by atoms with Crippen molar-refractivity contribution in [2.24, 2.45) is 0 Å². The molecule has 2 aromatic carbocycles. The largest absolute Gasteiger partial charge is 0.430 e. The predicted octanol–water partition coefficient (Wildman–Crippen LogP) is 4.87. The molecule has 0 bridgehead atoms. The molecule has 0 radical (unpaired) electrons. The van der Waals surface area contributed by atoms with Crippen molar-refractivity contribution < 1.29 is 13.8 Å². The molecule has 0 saturated carbocycles. The number of carbonyl (C=O) groups excluding carboxylic acids is 1. The average Bonchev–Trinajstić information content (AvgIpc) is 2.42. The molecule has 5 heteroatoms. The summed E-state index contributed by atoms with van der Waals surface area (Å²) in [6.45, 7) is 4.02. The quantitative estimate of drug-likeness (QED) is 0.741. The Morgan fingerprint density at radius 2 is 1.95 bits per heavy atom. The second-order valence-corrected chi connectivity index (χ2v) is 7.43. The van der Waals surface area contributed by atoms with Crippen molar-refractivity contribution in [1.82, 2.24) is 0 Å². The van der Waals surface area contributed by atoms with E-state index in [0.29, 0.717) is 5.56 Å². The molecule has 0 amide bonds. The molecule has 2 aromatic rings. The van der Waals surface area contributed by atoms with Gasteiger partial charge in [0.2, 0.25) is 0 Å².